The standard InChI is InChI=1S/C16H15N7O/c17-8-10-4-1-2-5-11(10)9-23-15-14(21-22-23)13(19-16(18)20-15)12-6-3-7-24-12/h1-7H,8-9,17H2,(H2,18,19,20). The summed E-state index contributed by atoms with van der Waals surface area (Å²) in [6.07, 6.45) is 1.57. The van der Waals surface area contributed by atoms with Gasteiger partial charge < -0.3 is 15.9 Å². The quantitative estimate of drug-likeness (QED) is 0.585. The molecule has 4 rings (SSSR count). The van der Waals surface area contributed by atoms with E-state index in [1.165, 1.54) is 0 Å². The molecule has 8 heteroatoms. The van der Waals surface area contributed by atoms with E-state index < -0.39 is 0 Å². The maximum Gasteiger partial charge on any atom is 0.222 e. The lowest BCUT2D eigenvalue weighted by molar-refractivity contribution is 0.580. The van der Waals surface area contributed by atoms with Gasteiger partial charge in [-0.05, 0) is 23.3 Å². The predicted octanol–water partition coefficient (Wildman–Crippen LogP) is 1.57. The monoisotopic (exact) mass is 321 g/mol. The first-order valence-corrected chi connectivity index (χ1v) is 7.43. The maximum absolute atomic E-state index is 5.86. The summed E-state index contributed by atoms with van der Waals surface area (Å²) in [4.78, 5) is 8.52. The van der Waals surface area contributed by atoms with Crippen LogP contribution in [-0.4, -0.2) is 25.0 Å². The first-order chi connectivity index (χ1) is 11.8. The molecule has 0 saturated carbocycles. The third kappa shape index (κ3) is 2.38. The molecule has 3 aromatic heterocycles. The topological polar surface area (TPSA) is 122 Å². The smallest absolute Gasteiger partial charge is 0.222 e. The molecule has 0 radical (unpaired) electrons. The molecule has 0 bridgehead atoms. The summed E-state index contributed by atoms with van der Waals surface area (Å²) in [5, 5.41) is 8.41. The van der Waals surface area contributed by atoms with E-state index >= 15 is 0 Å². The number of anilines is 1. The molecule has 0 saturated heterocycles. The molecule has 120 valence electrons. The number of hydrogen-bond donors (Lipinski definition) is 2. The largest absolute Gasteiger partial charge is 0.463 e. The molecular formula is C16H15N7O. The molecular weight excluding hydrogens is 306 g/mol. The Labute approximate surface area is 137 Å². The van der Waals surface area contributed by atoms with E-state index in [1.807, 2.05) is 24.3 Å². The Balaban J connectivity index is 1.83. The van der Waals surface area contributed by atoms with Crippen molar-refractivity contribution in [3.63, 3.8) is 0 Å². The van der Waals surface area contributed by atoms with Gasteiger partial charge in [0.15, 0.2) is 16.9 Å². The lowest BCUT2D eigenvalue weighted by Gasteiger charge is -2.08. The maximum atomic E-state index is 5.86. The summed E-state index contributed by atoms with van der Waals surface area (Å²) in [6.45, 7) is 0.954. The fraction of sp³-hybridized carbons (Fsp3) is 0.125. The SMILES string of the molecule is NCc1ccccc1Cn1nnc2c(-c3ccco3)nc(N)nc21. The van der Waals surface area contributed by atoms with Crippen LogP contribution >= 0.6 is 0 Å². The highest BCUT2D eigenvalue weighted by Crippen LogP contribution is 2.25. The summed E-state index contributed by atoms with van der Waals surface area (Å²) < 4.78 is 7.10. The van der Waals surface area contributed by atoms with Crippen LogP contribution in [0.1, 0.15) is 11.1 Å². The van der Waals surface area contributed by atoms with Crippen LogP contribution in [0.4, 0.5) is 5.95 Å². The summed E-state index contributed by atoms with van der Waals surface area (Å²) in [5.41, 5.74) is 15.4. The van der Waals surface area contributed by atoms with E-state index in [0.29, 0.717) is 35.7 Å². The highest BCUT2D eigenvalue weighted by Gasteiger charge is 2.17. The van der Waals surface area contributed by atoms with E-state index in [-0.39, 0.29) is 5.95 Å². The van der Waals surface area contributed by atoms with Crippen LogP contribution in [0.3, 0.4) is 0 Å². The van der Waals surface area contributed by atoms with Gasteiger partial charge in [0, 0.05) is 6.54 Å². The van der Waals surface area contributed by atoms with E-state index in [9.17, 15) is 0 Å². The van der Waals surface area contributed by atoms with Gasteiger partial charge in [0.1, 0.15) is 5.69 Å². The van der Waals surface area contributed by atoms with Crippen LogP contribution in [-0.2, 0) is 13.1 Å². The number of furan rings is 1. The van der Waals surface area contributed by atoms with Crippen molar-refractivity contribution >= 4 is 17.1 Å². The second kappa shape index (κ2) is 5.74. The molecule has 0 aliphatic heterocycles. The number of rotatable bonds is 4. The van der Waals surface area contributed by atoms with Crippen molar-refractivity contribution in [2.24, 2.45) is 5.73 Å². The summed E-state index contributed by atoms with van der Waals surface area (Å²) in [6, 6.07) is 11.5. The number of benzene rings is 1. The molecule has 0 spiro atoms. The lowest BCUT2D eigenvalue weighted by atomic mass is 10.1. The predicted molar refractivity (Wildman–Crippen MR) is 88.7 cm³/mol. The zero-order valence-electron chi connectivity index (χ0n) is 12.8. The number of fused-ring (bicyclic) bond motifs is 1. The summed E-state index contributed by atoms with van der Waals surface area (Å²) in [7, 11) is 0. The molecule has 0 unspecified atom stereocenters. The van der Waals surface area contributed by atoms with Crippen molar-refractivity contribution < 1.29 is 4.42 Å². The van der Waals surface area contributed by atoms with Gasteiger partial charge in [-0.15, -0.1) is 5.10 Å². The lowest BCUT2D eigenvalue weighted by Crippen LogP contribution is -2.08. The summed E-state index contributed by atoms with van der Waals surface area (Å²) >= 11 is 0. The van der Waals surface area contributed by atoms with Crippen LogP contribution < -0.4 is 11.5 Å². The Hall–Kier alpha value is -3.26. The Morgan fingerprint density at radius 2 is 1.88 bits per heavy atom. The average Bonchev–Trinajstić information content (AvgIpc) is 3.25. The van der Waals surface area contributed by atoms with Gasteiger partial charge in [0.25, 0.3) is 0 Å². The van der Waals surface area contributed by atoms with Crippen LogP contribution in [0.25, 0.3) is 22.6 Å². The van der Waals surface area contributed by atoms with Gasteiger partial charge in [-0.3, -0.25) is 0 Å². The van der Waals surface area contributed by atoms with Crippen molar-refractivity contribution in [2.45, 2.75) is 13.1 Å². The van der Waals surface area contributed by atoms with Gasteiger partial charge in [0.05, 0.1) is 12.8 Å². The fourth-order valence-electron chi connectivity index (χ4n) is 2.64. The van der Waals surface area contributed by atoms with Crippen molar-refractivity contribution in [3.8, 4) is 11.5 Å². The normalized spacial score (nSPS) is 11.2. The zero-order valence-corrected chi connectivity index (χ0v) is 12.8. The van der Waals surface area contributed by atoms with Gasteiger partial charge >= 0.3 is 0 Å². The summed E-state index contributed by atoms with van der Waals surface area (Å²) in [5.74, 6) is 0.716. The van der Waals surface area contributed by atoms with E-state index in [0.717, 1.165) is 11.1 Å². The van der Waals surface area contributed by atoms with E-state index in [4.69, 9.17) is 15.9 Å². The number of nitrogens with two attached hydrogens (primary N) is 2. The van der Waals surface area contributed by atoms with Gasteiger partial charge in [-0.2, -0.15) is 4.98 Å². The first kappa shape index (κ1) is 14.3. The average molecular weight is 321 g/mol. The van der Waals surface area contributed by atoms with Crippen molar-refractivity contribution in [1.29, 1.82) is 0 Å². The van der Waals surface area contributed by atoms with Crippen molar-refractivity contribution in [1.82, 2.24) is 25.0 Å². The molecule has 1 aromatic carbocycles. The molecule has 0 aliphatic carbocycles. The molecule has 0 aliphatic rings. The molecule has 3 heterocycles. The third-order valence-corrected chi connectivity index (χ3v) is 3.79. The second-order valence-electron chi connectivity index (χ2n) is 5.30. The van der Waals surface area contributed by atoms with Gasteiger partial charge in [-0.1, -0.05) is 29.5 Å². The Kier molecular flexibility index (Phi) is 3.43. The minimum atomic E-state index is 0.143. The highest BCUT2D eigenvalue weighted by atomic mass is 16.3. The molecule has 0 atom stereocenters. The third-order valence-electron chi connectivity index (χ3n) is 3.79. The van der Waals surface area contributed by atoms with Crippen LogP contribution in [0.2, 0.25) is 0 Å². The van der Waals surface area contributed by atoms with Crippen LogP contribution in [0.15, 0.2) is 47.1 Å². The van der Waals surface area contributed by atoms with E-state index in [1.54, 1.807) is 23.1 Å². The zero-order chi connectivity index (χ0) is 16.5. The van der Waals surface area contributed by atoms with E-state index in [2.05, 4.69) is 20.3 Å². The molecule has 0 fully saturated rings. The van der Waals surface area contributed by atoms with Gasteiger partial charge in [0.2, 0.25) is 5.95 Å². The number of nitrogen functional groups attached to an aromatic ring is 1. The van der Waals surface area contributed by atoms with Crippen molar-refractivity contribution in [3.05, 3.63) is 53.8 Å². The molecule has 0 amide bonds. The molecule has 4 aromatic rings. The minimum absolute atomic E-state index is 0.143. The highest BCUT2D eigenvalue weighted by molar-refractivity contribution is 5.85. The number of hydrogen-bond acceptors (Lipinski definition) is 7. The number of nitrogens with zero attached hydrogens (tertiary/aromatic N) is 5. The fourth-order valence-corrected chi connectivity index (χ4v) is 2.64. The van der Waals surface area contributed by atoms with Gasteiger partial charge in [-0.25, -0.2) is 9.67 Å². The molecule has 4 N–H and O–H groups in total. The molecule has 24 heavy (non-hydrogen) atoms. The van der Waals surface area contributed by atoms with Crippen molar-refractivity contribution in [2.75, 3.05) is 5.73 Å². The minimum Gasteiger partial charge on any atom is -0.463 e. The Bertz CT molecular complexity index is 991. The molecule has 8 nitrogen and oxygen atoms in total. The Morgan fingerprint density at radius 3 is 2.62 bits per heavy atom. The van der Waals surface area contributed by atoms with Crippen LogP contribution in [0, 0.1) is 0 Å². The first-order valence-electron chi connectivity index (χ1n) is 7.43. The van der Waals surface area contributed by atoms with Crippen LogP contribution in [0.5, 0.6) is 0 Å². The Morgan fingerprint density at radius 1 is 1.04 bits per heavy atom. The second-order valence-corrected chi connectivity index (χ2v) is 5.30. The number of aromatic nitrogens is 5.